The second-order valence-electron chi connectivity index (χ2n) is 5.76. The van der Waals surface area contributed by atoms with E-state index in [2.05, 4.69) is 0 Å². The van der Waals surface area contributed by atoms with Gasteiger partial charge in [0.05, 0.1) is 13.2 Å². The van der Waals surface area contributed by atoms with Crippen molar-refractivity contribution < 1.29 is 68.4 Å². The molecule has 2 rings (SSSR count). The average Bonchev–Trinajstić information content (AvgIpc) is 2.61. The van der Waals surface area contributed by atoms with Crippen LogP contribution in [0, 0.1) is 0 Å². The van der Waals surface area contributed by atoms with Gasteiger partial charge in [0, 0.05) is 0 Å². The first-order valence-electron chi connectivity index (χ1n) is 7.61. The minimum absolute atomic E-state index is 0.667. The van der Waals surface area contributed by atoms with Gasteiger partial charge in [-0.15, -0.1) is 0 Å². The topological polar surface area (TPSA) is 247 Å². The van der Waals surface area contributed by atoms with E-state index in [0.29, 0.717) is 0 Å². The molecule has 2 aliphatic heterocycles. The lowest BCUT2D eigenvalue weighted by molar-refractivity contribution is -0.355. The van der Waals surface area contributed by atoms with Crippen molar-refractivity contribution in [3.05, 3.63) is 0 Å². The lowest BCUT2D eigenvalue weighted by atomic mass is 9.97. The largest absolute Gasteiger partial charge is 0.394 e. The van der Waals surface area contributed by atoms with E-state index in [1.165, 1.54) is 0 Å². The van der Waals surface area contributed by atoms with Crippen LogP contribution in [0.5, 0.6) is 0 Å². The summed E-state index contributed by atoms with van der Waals surface area (Å²) >= 11 is -2.61. The van der Waals surface area contributed by atoms with Crippen LogP contribution >= 0.6 is 0 Å². The van der Waals surface area contributed by atoms with Crippen LogP contribution in [0.1, 0.15) is 0 Å². The Morgan fingerprint density at radius 3 is 1.74 bits per heavy atom. The van der Waals surface area contributed by atoms with Crippen LogP contribution in [0.15, 0.2) is 0 Å². The fraction of sp³-hybridized carbons (Fsp3) is 1.00. The van der Waals surface area contributed by atoms with Crippen LogP contribution in [0.25, 0.3) is 0 Å². The van der Waals surface area contributed by atoms with Crippen molar-refractivity contribution >= 4 is 11.4 Å². The molecule has 10 N–H and O–H groups in total. The van der Waals surface area contributed by atoms with Crippen molar-refractivity contribution in [1.82, 2.24) is 0 Å². The molecule has 2 aliphatic rings. The fourth-order valence-electron chi connectivity index (χ4n) is 2.57. The molecule has 0 aromatic rings. The highest BCUT2D eigenvalue weighted by Crippen LogP contribution is 2.28. The van der Waals surface area contributed by atoms with Gasteiger partial charge in [-0.25, -0.2) is 0 Å². The molecule has 0 bridgehead atoms. The van der Waals surface area contributed by atoms with Crippen LogP contribution in [-0.4, -0.2) is 129 Å². The quantitative estimate of drug-likeness (QED) is 0.189. The summed E-state index contributed by atoms with van der Waals surface area (Å²) in [5, 5.41) is 76.5. The van der Waals surface area contributed by atoms with Crippen molar-refractivity contribution in [2.24, 2.45) is 0 Å². The third kappa shape index (κ3) is 6.31. The van der Waals surface area contributed by atoms with E-state index in [1.807, 2.05) is 0 Å². The van der Waals surface area contributed by atoms with Crippen LogP contribution in [-0.2, 0) is 25.6 Å². The summed E-state index contributed by atoms with van der Waals surface area (Å²) < 4.78 is 38.1. The second kappa shape index (κ2) is 11.0. The molecule has 0 radical (unpaired) electrons. The van der Waals surface area contributed by atoms with E-state index >= 15 is 0 Å². The predicted molar refractivity (Wildman–Crippen MR) is 82.0 cm³/mol. The molecular weight excluding hydrogens is 400 g/mol. The zero-order chi connectivity index (χ0) is 20.9. The lowest BCUT2D eigenvalue weighted by Gasteiger charge is -2.45. The molecule has 162 valence electrons. The van der Waals surface area contributed by atoms with E-state index in [4.69, 9.17) is 32.6 Å². The number of hydrogen-bond donors (Lipinski definition) is 10. The fourth-order valence-corrected chi connectivity index (χ4v) is 2.57. The van der Waals surface area contributed by atoms with Crippen LogP contribution in [0.2, 0.25) is 0 Å². The van der Waals surface area contributed by atoms with E-state index in [-0.39, 0.29) is 0 Å². The summed E-state index contributed by atoms with van der Waals surface area (Å²) in [4.78, 5) is 0. The lowest BCUT2D eigenvalue weighted by Crippen LogP contribution is -2.64. The molecule has 0 aromatic carbocycles. The first kappa shape index (κ1) is 24.7. The van der Waals surface area contributed by atoms with Crippen molar-refractivity contribution in [3.63, 3.8) is 0 Å². The Labute approximate surface area is 155 Å². The van der Waals surface area contributed by atoms with Crippen molar-refractivity contribution in [2.45, 2.75) is 61.4 Å². The molecule has 27 heavy (non-hydrogen) atoms. The predicted octanol–water partition coefficient (Wildman–Crippen LogP) is -5.72. The maximum Gasteiger partial charge on any atom is 0.299 e. The highest BCUT2D eigenvalue weighted by atomic mass is 32.2. The van der Waals surface area contributed by atoms with Crippen molar-refractivity contribution in [3.8, 4) is 0 Å². The molecular formula is C12H24O14S. The Kier molecular flexibility index (Phi) is 10.0. The summed E-state index contributed by atoms with van der Waals surface area (Å²) in [6.45, 7) is -1.35. The number of aliphatic hydroxyl groups is 8. The first-order chi connectivity index (χ1) is 12.5. The van der Waals surface area contributed by atoms with Gasteiger partial charge in [0.15, 0.2) is 12.6 Å². The molecule has 0 spiro atoms. The molecule has 0 saturated carbocycles. The summed E-state index contributed by atoms with van der Waals surface area (Å²) in [7, 11) is 0. The summed E-state index contributed by atoms with van der Waals surface area (Å²) in [6, 6.07) is 0. The third-order valence-corrected chi connectivity index (χ3v) is 3.98. The normalized spacial score (nSPS) is 45.3. The Morgan fingerprint density at radius 2 is 1.26 bits per heavy atom. The smallest absolute Gasteiger partial charge is 0.299 e. The Bertz CT molecular complexity index is 459. The maximum atomic E-state index is 9.94. The minimum atomic E-state index is -2.61. The number of ether oxygens (including phenoxy) is 3. The molecule has 2 fully saturated rings. The van der Waals surface area contributed by atoms with Gasteiger partial charge in [0.2, 0.25) is 0 Å². The molecule has 14 nitrogen and oxygen atoms in total. The highest BCUT2D eigenvalue weighted by Gasteiger charge is 2.50. The standard InChI is InChI=1S/C12H22O11.H2O3S/c13-1-3-5(15)6(16)9(19)12(22-3)23-10-4(2-14)21-11(20)8(18)7(10)17;1-4(2)3/h3-20H,1-2H2;(H2,1,2,3)/t3-,4-,5+,6+,7-,8-,9-,10-,11?,12+;/m1./s1. The van der Waals surface area contributed by atoms with E-state index < -0.39 is 86.0 Å². The third-order valence-electron chi connectivity index (χ3n) is 3.98. The van der Waals surface area contributed by atoms with Gasteiger partial charge in [0.25, 0.3) is 11.4 Å². The van der Waals surface area contributed by atoms with Gasteiger partial charge in [-0.05, 0) is 0 Å². The summed E-state index contributed by atoms with van der Waals surface area (Å²) in [5.74, 6) is 0. The van der Waals surface area contributed by atoms with E-state index in [0.717, 1.165) is 0 Å². The monoisotopic (exact) mass is 424 g/mol. The second-order valence-corrected chi connectivity index (χ2v) is 6.22. The molecule has 15 heteroatoms. The minimum Gasteiger partial charge on any atom is -0.394 e. The Balaban J connectivity index is 0.000000828. The van der Waals surface area contributed by atoms with Crippen molar-refractivity contribution in [1.29, 1.82) is 0 Å². The van der Waals surface area contributed by atoms with Gasteiger partial charge < -0.3 is 55.1 Å². The molecule has 1 unspecified atom stereocenters. The van der Waals surface area contributed by atoms with Crippen molar-refractivity contribution in [2.75, 3.05) is 13.2 Å². The first-order valence-corrected chi connectivity index (χ1v) is 8.67. The van der Waals surface area contributed by atoms with Gasteiger partial charge in [-0.3, -0.25) is 9.11 Å². The molecule has 0 amide bonds. The highest BCUT2D eigenvalue weighted by molar-refractivity contribution is 7.73. The SMILES string of the molecule is O=S(O)O.OC[C@H]1O[C@@H](O[C@H]2[C@H](O)[C@@H](O)C(O)O[C@@H]2CO)[C@H](O)[C@@H](O)[C@H]1O. The van der Waals surface area contributed by atoms with Gasteiger partial charge in [0.1, 0.15) is 48.8 Å². The van der Waals surface area contributed by atoms with Crippen LogP contribution < -0.4 is 0 Å². The van der Waals surface area contributed by atoms with E-state index in [9.17, 15) is 35.7 Å². The Hall–Kier alpha value is -0.370. The van der Waals surface area contributed by atoms with Gasteiger partial charge >= 0.3 is 0 Å². The van der Waals surface area contributed by atoms with Gasteiger partial charge in [-0.2, -0.15) is 4.21 Å². The zero-order valence-corrected chi connectivity index (χ0v) is 14.5. The average molecular weight is 424 g/mol. The van der Waals surface area contributed by atoms with Gasteiger partial charge in [-0.1, -0.05) is 0 Å². The Morgan fingerprint density at radius 1 is 0.741 bits per heavy atom. The van der Waals surface area contributed by atoms with Crippen LogP contribution in [0.4, 0.5) is 0 Å². The summed E-state index contributed by atoms with van der Waals surface area (Å²) in [6.07, 6.45) is -15.6. The van der Waals surface area contributed by atoms with E-state index in [1.54, 1.807) is 0 Å². The number of rotatable bonds is 4. The molecule has 2 heterocycles. The maximum absolute atomic E-state index is 9.94. The molecule has 10 atom stereocenters. The molecule has 0 aliphatic carbocycles. The summed E-state index contributed by atoms with van der Waals surface area (Å²) in [5.41, 5.74) is 0. The molecule has 2 saturated heterocycles. The zero-order valence-electron chi connectivity index (χ0n) is 13.7. The number of hydrogen-bond acceptors (Lipinski definition) is 12. The molecule has 0 aromatic heterocycles. The van der Waals surface area contributed by atoms with Crippen LogP contribution in [0.3, 0.4) is 0 Å². The number of aliphatic hydroxyl groups excluding tert-OH is 8.